The van der Waals surface area contributed by atoms with Crippen molar-refractivity contribution in [3.63, 3.8) is 0 Å². The molecule has 0 aliphatic rings. The van der Waals surface area contributed by atoms with Crippen molar-refractivity contribution >= 4 is 23.2 Å². The zero-order valence-corrected chi connectivity index (χ0v) is 8.50. The van der Waals surface area contributed by atoms with E-state index in [1.165, 1.54) is 5.57 Å². The molecule has 0 aromatic heterocycles. The number of halogens is 2. The average molecular weight is 191 g/mol. The molecule has 0 saturated heterocycles. The van der Waals surface area contributed by atoms with Gasteiger partial charge in [-0.3, -0.25) is 0 Å². The van der Waals surface area contributed by atoms with Gasteiger partial charge in [0, 0.05) is 10.1 Å². The van der Waals surface area contributed by atoms with E-state index < -0.39 is 0 Å². The molecular weight excluding hydrogens is 179 g/mol. The first-order chi connectivity index (χ1) is 5.02. The van der Waals surface area contributed by atoms with Crippen LogP contribution in [-0.4, -0.2) is 0 Å². The summed E-state index contributed by atoms with van der Waals surface area (Å²) in [6.07, 6.45) is 5.43. The molecule has 0 amide bonds. The third kappa shape index (κ3) is 7.70. The molecule has 0 unspecified atom stereocenters. The Morgan fingerprint density at radius 3 is 1.91 bits per heavy atom. The van der Waals surface area contributed by atoms with E-state index in [2.05, 4.69) is 0 Å². The highest BCUT2D eigenvalue weighted by molar-refractivity contribution is 6.32. The lowest BCUT2D eigenvalue weighted by molar-refractivity contribution is 1.39. The van der Waals surface area contributed by atoms with Gasteiger partial charge in [-0.05, 0) is 39.0 Å². The largest absolute Gasteiger partial charge is 0.0895 e. The minimum absolute atomic E-state index is 0.699. The van der Waals surface area contributed by atoms with Crippen molar-refractivity contribution in [3.05, 3.63) is 33.9 Å². The van der Waals surface area contributed by atoms with Crippen LogP contribution in [0.5, 0.6) is 0 Å². The zero-order chi connectivity index (χ0) is 8.85. The van der Waals surface area contributed by atoms with Gasteiger partial charge in [0.2, 0.25) is 0 Å². The second-order valence-corrected chi connectivity index (χ2v) is 3.56. The van der Waals surface area contributed by atoms with E-state index in [-0.39, 0.29) is 0 Å². The monoisotopic (exact) mass is 190 g/mol. The molecule has 0 N–H and O–H groups in total. The summed E-state index contributed by atoms with van der Waals surface area (Å²) in [5, 5.41) is 1.43. The zero-order valence-electron chi connectivity index (χ0n) is 6.99. The van der Waals surface area contributed by atoms with Crippen molar-refractivity contribution in [1.29, 1.82) is 0 Å². The average Bonchev–Trinajstić information content (AvgIpc) is 1.82. The molecule has 11 heavy (non-hydrogen) atoms. The topological polar surface area (TPSA) is 0 Å². The lowest BCUT2D eigenvalue weighted by Crippen LogP contribution is -1.66. The third-order valence-corrected chi connectivity index (χ3v) is 1.26. The fraction of sp³-hybridized carbons (Fsp3) is 0.333. The van der Waals surface area contributed by atoms with Crippen LogP contribution in [-0.2, 0) is 0 Å². The molecule has 0 atom stereocenters. The molecule has 0 saturated carbocycles. The van der Waals surface area contributed by atoms with E-state index >= 15 is 0 Å². The van der Waals surface area contributed by atoms with Gasteiger partial charge in [-0.15, -0.1) is 0 Å². The van der Waals surface area contributed by atoms with Gasteiger partial charge < -0.3 is 0 Å². The lowest BCUT2D eigenvalue weighted by atomic mass is 10.3. The van der Waals surface area contributed by atoms with Crippen LogP contribution < -0.4 is 0 Å². The molecule has 0 aromatic rings. The summed E-state index contributed by atoms with van der Waals surface area (Å²) < 4.78 is 0. The summed E-state index contributed by atoms with van der Waals surface area (Å²) in [6.45, 7) is 5.80. The maximum Gasteiger partial charge on any atom is 0.0405 e. The van der Waals surface area contributed by atoms with E-state index in [0.717, 1.165) is 5.03 Å². The van der Waals surface area contributed by atoms with Crippen LogP contribution in [0.1, 0.15) is 20.8 Å². The van der Waals surface area contributed by atoms with Gasteiger partial charge in [-0.25, -0.2) is 0 Å². The van der Waals surface area contributed by atoms with Crippen LogP contribution in [0.3, 0.4) is 0 Å². The van der Waals surface area contributed by atoms with Crippen molar-refractivity contribution in [3.8, 4) is 0 Å². The highest BCUT2D eigenvalue weighted by Crippen LogP contribution is 2.08. The Morgan fingerprint density at radius 2 is 1.55 bits per heavy atom. The molecular formula is C9H12Cl2. The van der Waals surface area contributed by atoms with Gasteiger partial charge in [0.25, 0.3) is 0 Å². The summed E-state index contributed by atoms with van der Waals surface area (Å²) in [7, 11) is 0. The maximum atomic E-state index is 5.80. The minimum atomic E-state index is 0.699. The number of hydrogen-bond acceptors (Lipinski definition) is 0. The minimum Gasteiger partial charge on any atom is -0.0895 e. The number of hydrogen-bond donors (Lipinski definition) is 0. The highest BCUT2D eigenvalue weighted by Gasteiger charge is 1.83. The first kappa shape index (κ1) is 10.8. The summed E-state index contributed by atoms with van der Waals surface area (Å²) in [5.74, 6) is 0. The van der Waals surface area contributed by atoms with E-state index in [4.69, 9.17) is 23.2 Å². The molecule has 0 bridgehead atoms. The third-order valence-electron chi connectivity index (χ3n) is 0.899. The van der Waals surface area contributed by atoms with Crippen molar-refractivity contribution in [2.75, 3.05) is 0 Å². The first-order valence-corrected chi connectivity index (χ1v) is 4.12. The summed E-state index contributed by atoms with van der Waals surface area (Å²) in [5.41, 5.74) is 1.17. The van der Waals surface area contributed by atoms with E-state index in [1.54, 1.807) is 12.2 Å². The normalized spacial score (nSPS) is 13.2. The fourth-order valence-electron chi connectivity index (χ4n) is 0.518. The molecule has 0 rings (SSSR count). The van der Waals surface area contributed by atoms with Crippen molar-refractivity contribution < 1.29 is 0 Å². The predicted octanol–water partition coefficient (Wildman–Crippen LogP) is 4.22. The smallest absolute Gasteiger partial charge is 0.0405 e. The molecule has 0 heterocycles. The Bertz CT molecular complexity index is 202. The van der Waals surface area contributed by atoms with Gasteiger partial charge in [-0.1, -0.05) is 28.8 Å². The highest BCUT2D eigenvalue weighted by atomic mass is 35.5. The Hall–Kier alpha value is -0.200. The molecule has 0 aliphatic heterocycles. The molecule has 0 aliphatic carbocycles. The molecule has 0 fully saturated rings. The van der Waals surface area contributed by atoms with Gasteiger partial charge in [0.15, 0.2) is 0 Å². The summed E-state index contributed by atoms with van der Waals surface area (Å²) in [6, 6.07) is 0. The van der Waals surface area contributed by atoms with Crippen LogP contribution in [0, 0.1) is 0 Å². The second-order valence-electron chi connectivity index (χ2n) is 2.53. The number of rotatable bonds is 2. The molecule has 0 aromatic carbocycles. The molecule has 0 radical (unpaired) electrons. The van der Waals surface area contributed by atoms with Gasteiger partial charge in [0.05, 0.1) is 0 Å². The van der Waals surface area contributed by atoms with Crippen LogP contribution in [0.4, 0.5) is 0 Å². The van der Waals surface area contributed by atoms with E-state index in [0.29, 0.717) is 5.03 Å². The molecule has 0 spiro atoms. The fourth-order valence-corrected chi connectivity index (χ4v) is 0.863. The van der Waals surface area contributed by atoms with Crippen LogP contribution in [0.15, 0.2) is 33.9 Å². The first-order valence-electron chi connectivity index (χ1n) is 3.37. The van der Waals surface area contributed by atoms with Crippen LogP contribution in [0.2, 0.25) is 0 Å². The second kappa shape index (κ2) is 5.45. The number of allylic oxidation sites excluding steroid dienone is 6. The molecule has 62 valence electrons. The van der Waals surface area contributed by atoms with Gasteiger partial charge >= 0.3 is 0 Å². The summed E-state index contributed by atoms with van der Waals surface area (Å²) in [4.78, 5) is 0. The quantitative estimate of drug-likeness (QED) is 0.573. The van der Waals surface area contributed by atoms with E-state index in [9.17, 15) is 0 Å². The molecule has 2 heteroatoms. The lowest BCUT2D eigenvalue weighted by Gasteiger charge is -1.88. The maximum absolute atomic E-state index is 5.80. The van der Waals surface area contributed by atoms with Crippen molar-refractivity contribution in [2.45, 2.75) is 20.8 Å². The van der Waals surface area contributed by atoms with Crippen molar-refractivity contribution in [1.82, 2.24) is 0 Å². The Labute approximate surface area is 78.2 Å². The van der Waals surface area contributed by atoms with Crippen LogP contribution in [0.25, 0.3) is 0 Å². The Morgan fingerprint density at radius 1 is 1.00 bits per heavy atom. The summed E-state index contributed by atoms with van der Waals surface area (Å²) >= 11 is 11.4. The molecule has 0 nitrogen and oxygen atoms in total. The SMILES string of the molecule is CC(C)=C/C(Cl)=C/C=C(/C)Cl. The van der Waals surface area contributed by atoms with E-state index in [1.807, 2.05) is 26.8 Å². The van der Waals surface area contributed by atoms with Gasteiger partial charge in [0.1, 0.15) is 0 Å². The van der Waals surface area contributed by atoms with Gasteiger partial charge in [-0.2, -0.15) is 0 Å². The van der Waals surface area contributed by atoms with Crippen LogP contribution >= 0.6 is 23.2 Å². The Kier molecular flexibility index (Phi) is 5.35. The standard InChI is InChI=1S/C9H12Cl2/c1-7(2)6-9(11)5-4-8(3)10/h4-6H,1-3H3/b8-4-,9-5-. The van der Waals surface area contributed by atoms with Crippen molar-refractivity contribution in [2.24, 2.45) is 0 Å². The Balaban J connectivity index is 4.25. The predicted molar refractivity (Wildman–Crippen MR) is 53.0 cm³/mol.